The number of rotatable bonds is 3. The maximum Gasteiger partial charge on any atom is 0.416 e. The van der Waals surface area contributed by atoms with E-state index in [1.165, 1.54) is 12.1 Å². The zero-order valence-corrected chi connectivity index (χ0v) is 16.1. The molecule has 0 radical (unpaired) electrons. The van der Waals surface area contributed by atoms with Gasteiger partial charge in [-0.05, 0) is 37.3 Å². The first-order valence-electron chi connectivity index (χ1n) is 8.80. The SMILES string of the molecule is Cc1ccc(-n2c(=O)[nH]cc(C(=O)Nc3cc(C(F)(F)F)cc(C(F)(F)F)c3)c2=O)cc1. The van der Waals surface area contributed by atoms with E-state index in [9.17, 15) is 40.7 Å². The van der Waals surface area contributed by atoms with Gasteiger partial charge in [-0.15, -0.1) is 0 Å². The summed E-state index contributed by atoms with van der Waals surface area (Å²) in [6, 6.07) is 6.55. The van der Waals surface area contributed by atoms with Crippen LogP contribution in [0.1, 0.15) is 27.0 Å². The number of alkyl halides is 6. The maximum absolute atomic E-state index is 13.0. The Morgan fingerprint density at radius 2 is 1.44 bits per heavy atom. The summed E-state index contributed by atoms with van der Waals surface area (Å²) in [5.74, 6) is -1.31. The van der Waals surface area contributed by atoms with Crippen LogP contribution in [0.15, 0.2) is 58.3 Å². The van der Waals surface area contributed by atoms with Gasteiger partial charge in [0.05, 0.1) is 16.8 Å². The molecule has 3 aromatic rings. The lowest BCUT2D eigenvalue weighted by Crippen LogP contribution is -2.38. The fraction of sp³-hybridized carbons (Fsp3) is 0.150. The lowest BCUT2D eigenvalue weighted by Gasteiger charge is -2.15. The molecule has 0 saturated carbocycles. The quantitative estimate of drug-likeness (QED) is 0.581. The van der Waals surface area contributed by atoms with E-state index in [-0.39, 0.29) is 11.8 Å². The monoisotopic (exact) mass is 457 g/mol. The average molecular weight is 457 g/mol. The van der Waals surface area contributed by atoms with Gasteiger partial charge in [-0.25, -0.2) is 9.36 Å². The normalized spacial score (nSPS) is 12.0. The molecule has 2 N–H and O–H groups in total. The van der Waals surface area contributed by atoms with Crippen molar-refractivity contribution in [1.29, 1.82) is 0 Å². The summed E-state index contributed by atoms with van der Waals surface area (Å²) in [6.07, 6.45) is -9.50. The second-order valence-electron chi connectivity index (χ2n) is 6.73. The highest BCUT2D eigenvalue weighted by atomic mass is 19.4. The Balaban J connectivity index is 2.05. The van der Waals surface area contributed by atoms with Crippen molar-refractivity contribution >= 4 is 11.6 Å². The van der Waals surface area contributed by atoms with Gasteiger partial charge < -0.3 is 10.3 Å². The lowest BCUT2D eigenvalue weighted by molar-refractivity contribution is -0.143. The van der Waals surface area contributed by atoms with Crippen LogP contribution in [0.2, 0.25) is 0 Å². The molecular formula is C20H13F6N3O3. The first-order chi connectivity index (χ1) is 14.8. The van der Waals surface area contributed by atoms with Crippen LogP contribution in [-0.2, 0) is 12.4 Å². The molecule has 3 rings (SSSR count). The van der Waals surface area contributed by atoms with Crippen molar-refractivity contribution in [3.8, 4) is 5.69 Å². The summed E-state index contributed by atoms with van der Waals surface area (Å²) in [6.45, 7) is 1.75. The van der Waals surface area contributed by atoms with Crippen LogP contribution in [0.25, 0.3) is 5.69 Å². The number of carbonyl (C=O) groups is 1. The molecule has 1 heterocycles. The predicted octanol–water partition coefficient (Wildman–Crippen LogP) is 4.12. The van der Waals surface area contributed by atoms with E-state index < -0.39 is 51.9 Å². The smallest absolute Gasteiger partial charge is 0.322 e. The number of aryl methyl sites for hydroxylation is 1. The number of nitrogens with one attached hydrogen (secondary N) is 2. The van der Waals surface area contributed by atoms with Crippen LogP contribution in [0.5, 0.6) is 0 Å². The largest absolute Gasteiger partial charge is 0.416 e. The number of benzene rings is 2. The van der Waals surface area contributed by atoms with Crippen molar-refractivity contribution in [3.63, 3.8) is 0 Å². The minimum Gasteiger partial charge on any atom is -0.322 e. The highest BCUT2D eigenvalue weighted by Crippen LogP contribution is 2.37. The van der Waals surface area contributed by atoms with Crippen molar-refractivity contribution in [2.45, 2.75) is 19.3 Å². The van der Waals surface area contributed by atoms with E-state index in [1.807, 2.05) is 5.32 Å². The van der Waals surface area contributed by atoms with Crippen LogP contribution in [0.4, 0.5) is 32.0 Å². The molecule has 0 spiro atoms. The van der Waals surface area contributed by atoms with Crippen LogP contribution < -0.4 is 16.6 Å². The molecule has 0 saturated heterocycles. The summed E-state index contributed by atoms with van der Waals surface area (Å²) < 4.78 is 78.6. The molecule has 0 unspecified atom stereocenters. The third-order valence-electron chi connectivity index (χ3n) is 4.36. The minimum atomic E-state index is -5.11. The average Bonchev–Trinajstić information content (AvgIpc) is 2.68. The number of aromatic amines is 1. The molecule has 32 heavy (non-hydrogen) atoms. The van der Waals surface area contributed by atoms with Gasteiger partial charge in [-0.1, -0.05) is 17.7 Å². The summed E-state index contributed by atoms with van der Waals surface area (Å²) in [4.78, 5) is 39.4. The van der Waals surface area contributed by atoms with Crippen LogP contribution in [0, 0.1) is 6.92 Å². The van der Waals surface area contributed by atoms with Gasteiger partial charge in [-0.2, -0.15) is 26.3 Å². The molecular weight excluding hydrogens is 444 g/mol. The molecule has 168 valence electrons. The van der Waals surface area contributed by atoms with Crippen molar-refractivity contribution < 1.29 is 31.1 Å². The molecule has 2 aromatic carbocycles. The van der Waals surface area contributed by atoms with Crippen LogP contribution >= 0.6 is 0 Å². The van der Waals surface area contributed by atoms with Crippen LogP contribution in [-0.4, -0.2) is 15.5 Å². The van der Waals surface area contributed by atoms with E-state index in [2.05, 4.69) is 4.98 Å². The fourth-order valence-corrected chi connectivity index (χ4v) is 2.79. The van der Waals surface area contributed by atoms with E-state index in [0.717, 1.165) is 11.8 Å². The molecule has 0 aliphatic rings. The molecule has 1 amide bonds. The zero-order chi connectivity index (χ0) is 23.8. The van der Waals surface area contributed by atoms with Gasteiger partial charge in [0, 0.05) is 11.9 Å². The highest BCUT2D eigenvalue weighted by molar-refractivity contribution is 6.04. The summed E-state index contributed by atoms with van der Waals surface area (Å²) >= 11 is 0. The Hall–Kier alpha value is -3.83. The lowest BCUT2D eigenvalue weighted by atomic mass is 10.1. The number of amides is 1. The summed E-state index contributed by atoms with van der Waals surface area (Å²) in [5.41, 5.74) is -5.89. The zero-order valence-electron chi connectivity index (χ0n) is 16.1. The Labute approximate surface area is 175 Å². The van der Waals surface area contributed by atoms with Gasteiger partial charge in [0.25, 0.3) is 11.5 Å². The number of H-pyrrole nitrogens is 1. The van der Waals surface area contributed by atoms with Crippen LogP contribution in [0.3, 0.4) is 0 Å². The van der Waals surface area contributed by atoms with Crippen molar-refractivity contribution in [1.82, 2.24) is 9.55 Å². The van der Waals surface area contributed by atoms with E-state index in [0.29, 0.717) is 16.7 Å². The Bertz CT molecular complexity index is 1260. The second-order valence-corrected chi connectivity index (χ2v) is 6.73. The third kappa shape index (κ3) is 4.74. The fourth-order valence-electron chi connectivity index (χ4n) is 2.79. The van der Waals surface area contributed by atoms with Gasteiger partial charge in [0.1, 0.15) is 5.56 Å². The minimum absolute atomic E-state index is 0.0972. The Morgan fingerprint density at radius 1 is 0.906 bits per heavy atom. The molecule has 0 atom stereocenters. The summed E-state index contributed by atoms with van der Waals surface area (Å²) in [5, 5.41) is 1.86. The van der Waals surface area contributed by atoms with E-state index in [1.54, 1.807) is 19.1 Å². The molecule has 12 heteroatoms. The highest BCUT2D eigenvalue weighted by Gasteiger charge is 2.37. The number of anilines is 1. The number of hydrogen-bond donors (Lipinski definition) is 2. The maximum atomic E-state index is 13.0. The standard InChI is InChI=1S/C20H13F6N3O3/c1-10-2-4-14(5-3-10)29-17(31)15(9-27-18(29)32)16(30)28-13-7-11(19(21,22)23)6-12(8-13)20(24,25)26/h2-9H,1H3,(H,27,32)(H,28,30). The molecule has 0 aliphatic heterocycles. The number of hydrogen-bond acceptors (Lipinski definition) is 3. The summed E-state index contributed by atoms with van der Waals surface area (Å²) in [7, 11) is 0. The van der Waals surface area contributed by atoms with Gasteiger partial charge >= 0.3 is 18.0 Å². The molecule has 6 nitrogen and oxygen atoms in total. The third-order valence-corrected chi connectivity index (χ3v) is 4.36. The van der Waals surface area contributed by atoms with Crippen molar-refractivity contribution in [3.05, 3.63) is 91.8 Å². The first kappa shape index (κ1) is 22.8. The Kier molecular flexibility index (Phi) is 5.73. The Morgan fingerprint density at radius 3 is 1.94 bits per heavy atom. The number of halogens is 6. The number of nitrogens with zero attached hydrogens (tertiary/aromatic N) is 1. The van der Waals surface area contributed by atoms with E-state index >= 15 is 0 Å². The molecule has 0 fully saturated rings. The van der Waals surface area contributed by atoms with Gasteiger partial charge in [0.2, 0.25) is 0 Å². The first-order valence-corrected chi connectivity index (χ1v) is 8.80. The predicted molar refractivity (Wildman–Crippen MR) is 102 cm³/mol. The topological polar surface area (TPSA) is 84.0 Å². The number of carbonyl (C=O) groups excluding carboxylic acids is 1. The van der Waals surface area contributed by atoms with Crippen molar-refractivity contribution in [2.75, 3.05) is 5.32 Å². The molecule has 0 aliphatic carbocycles. The second kappa shape index (κ2) is 8.02. The number of aromatic nitrogens is 2. The van der Waals surface area contributed by atoms with E-state index in [4.69, 9.17) is 0 Å². The molecule has 1 aromatic heterocycles. The molecule has 0 bridgehead atoms. The van der Waals surface area contributed by atoms with Crippen molar-refractivity contribution in [2.24, 2.45) is 0 Å². The van der Waals surface area contributed by atoms with Gasteiger partial charge in [-0.3, -0.25) is 9.59 Å². The van der Waals surface area contributed by atoms with Gasteiger partial charge in [0.15, 0.2) is 0 Å².